The number of hydrogen-bond acceptors (Lipinski definition) is 10. The van der Waals surface area contributed by atoms with Crippen LogP contribution in [0.4, 0.5) is 0 Å². The number of carbonyl (C=O) groups is 1. The summed E-state index contributed by atoms with van der Waals surface area (Å²) in [6, 6.07) is -0.861. The van der Waals surface area contributed by atoms with Gasteiger partial charge in [0.25, 0.3) is 0 Å². The van der Waals surface area contributed by atoms with Crippen molar-refractivity contribution in [1.29, 1.82) is 0 Å². The molecule has 0 aromatic carbocycles. The molecule has 13 heteroatoms. The fraction of sp³-hybridized carbons (Fsp3) is 0.904. The smallest absolute Gasteiger partial charge is 0.394 e. The Kier molecular flexibility index (Phi) is 40.4. The summed E-state index contributed by atoms with van der Waals surface area (Å²) in [7, 11) is -5.08. The summed E-state index contributed by atoms with van der Waals surface area (Å²) < 4.78 is 47.8. The van der Waals surface area contributed by atoms with Crippen molar-refractivity contribution in [3.05, 3.63) is 24.3 Å². The van der Waals surface area contributed by atoms with Gasteiger partial charge in [0.05, 0.1) is 25.4 Å². The standard InChI is InChI=1S/C52H99NO11S/c1-3-5-7-9-11-13-15-17-19-21-22-23-24-26-27-29-31-33-35-37-39-41-46(55)45(44-62-52-50(58)51(64-65(59,60)61)49(57)47(43-54)63-52)53-48(56)42-40-38-36-34-32-30-28-25-20-18-16-14-12-10-8-6-4-2/h12,14,18,20,45-47,49-52,54-55,57-58H,3-11,13,15-17,19,21-44H2,1-2H3,(H,53,56)(H,59,60,61)/b14-12-,20-18-. The van der Waals surface area contributed by atoms with Crippen molar-refractivity contribution in [3.8, 4) is 0 Å². The monoisotopic (exact) mass is 946 g/mol. The second-order valence-electron chi connectivity index (χ2n) is 18.8. The highest BCUT2D eigenvalue weighted by atomic mass is 32.3. The van der Waals surface area contributed by atoms with Crippen LogP contribution in [0, 0.1) is 0 Å². The highest BCUT2D eigenvalue weighted by Crippen LogP contribution is 2.26. The molecule has 7 atom stereocenters. The lowest BCUT2D eigenvalue weighted by Gasteiger charge is -2.41. The predicted molar refractivity (Wildman–Crippen MR) is 264 cm³/mol. The summed E-state index contributed by atoms with van der Waals surface area (Å²) in [6.07, 6.45) is 41.7. The van der Waals surface area contributed by atoms with E-state index in [1.54, 1.807) is 0 Å². The Hall–Kier alpha value is -1.42. The van der Waals surface area contributed by atoms with E-state index >= 15 is 0 Å². The largest absolute Gasteiger partial charge is 0.397 e. The Morgan fingerprint density at radius 2 is 1.03 bits per heavy atom. The van der Waals surface area contributed by atoms with Crippen LogP contribution >= 0.6 is 0 Å². The van der Waals surface area contributed by atoms with Gasteiger partial charge in [0.2, 0.25) is 5.91 Å². The fourth-order valence-corrected chi connectivity index (χ4v) is 9.12. The SMILES string of the molecule is CCCCC/C=C\C/C=C\CCCCCCCCCC(=O)NC(COC1OC(CO)C(O)C(OS(=O)(=O)O)C1O)C(O)CCCCCCCCCCCCCCCCCCCCCCC. The van der Waals surface area contributed by atoms with Gasteiger partial charge in [-0.15, -0.1) is 0 Å². The third-order valence-corrected chi connectivity index (χ3v) is 13.2. The van der Waals surface area contributed by atoms with Crippen molar-refractivity contribution in [1.82, 2.24) is 5.32 Å². The zero-order valence-corrected chi connectivity index (χ0v) is 42.1. The molecule has 7 unspecified atom stereocenters. The highest BCUT2D eigenvalue weighted by molar-refractivity contribution is 7.80. The Labute approximate surface area is 397 Å². The number of unbranched alkanes of at least 4 members (excludes halogenated alkanes) is 30. The van der Waals surface area contributed by atoms with Crippen LogP contribution in [0.1, 0.15) is 245 Å². The van der Waals surface area contributed by atoms with E-state index in [4.69, 9.17) is 9.47 Å². The number of aliphatic hydroxyl groups excluding tert-OH is 4. The average Bonchev–Trinajstić information content (AvgIpc) is 3.28. The van der Waals surface area contributed by atoms with Crippen LogP contribution in [0.5, 0.6) is 0 Å². The molecule has 0 bridgehead atoms. The molecule has 0 saturated carbocycles. The minimum absolute atomic E-state index is 0.236. The van der Waals surface area contributed by atoms with E-state index in [1.165, 1.54) is 154 Å². The summed E-state index contributed by atoms with van der Waals surface area (Å²) in [5.74, 6) is -0.236. The van der Waals surface area contributed by atoms with Gasteiger partial charge in [-0.1, -0.05) is 218 Å². The van der Waals surface area contributed by atoms with E-state index in [2.05, 4.69) is 47.7 Å². The first-order valence-corrected chi connectivity index (χ1v) is 28.1. The average molecular weight is 946 g/mol. The molecule has 1 fully saturated rings. The van der Waals surface area contributed by atoms with Crippen molar-refractivity contribution in [2.75, 3.05) is 13.2 Å². The maximum atomic E-state index is 13.1. The zero-order valence-electron chi connectivity index (χ0n) is 41.3. The Bertz CT molecular complexity index is 1250. The third-order valence-electron chi connectivity index (χ3n) is 12.8. The summed E-state index contributed by atoms with van der Waals surface area (Å²) >= 11 is 0. The molecule has 12 nitrogen and oxygen atoms in total. The number of hydrogen-bond donors (Lipinski definition) is 6. The van der Waals surface area contributed by atoms with E-state index in [1.807, 2.05) is 0 Å². The van der Waals surface area contributed by atoms with E-state index in [0.29, 0.717) is 12.8 Å². The molecule has 1 rings (SSSR count). The van der Waals surface area contributed by atoms with Gasteiger partial charge in [0, 0.05) is 6.42 Å². The van der Waals surface area contributed by atoms with Gasteiger partial charge < -0.3 is 35.2 Å². The van der Waals surface area contributed by atoms with E-state index in [-0.39, 0.29) is 18.9 Å². The van der Waals surface area contributed by atoms with Gasteiger partial charge in [-0.05, 0) is 44.9 Å². The first-order valence-electron chi connectivity index (χ1n) is 26.7. The minimum Gasteiger partial charge on any atom is -0.394 e. The van der Waals surface area contributed by atoms with Crippen LogP contribution in [0.2, 0.25) is 0 Å². The molecule has 1 amide bonds. The molecule has 0 aromatic rings. The number of nitrogens with one attached hydrogen (secondary N) is 1. The first kappa shape index (κ1) is 61.6. The van der Waals surface area contributed by atoms with E-state index in [0.717, 1.165) is 57.8 Å². The second-order valence-corrected chi connectivity index (χ2v) is 19.9. The summed E-state index contributed by atoms with van der Waals surface area (Å²) in [5.41, 5.74) is 0. The van der Waals surface area contributed by atoms with Crippen molar-refractivity contribution < 1.29 is 51.8 Å². The van der Waals surface area contributed by atoms with Crippen LogP contribution in [-0.2, 0) is 28.9 Å². The minimum atomic E-state index is -5.08. The Balaban J connectivity index is 2.41. The number of rotatable bonds is 46. The van der Waals surface area contributed by atoms with Crippen LogP contribution in [0.25, 0.3) is 0 Å². The number of carbonyl (C=O) groups excluding carboxylic acids is 1. The Morgan fingerprint density at radius 1 is 0.615 bits per heavy atom. The molecule has 0 aliphatic carbocycles. The lowest BCUT2D eigenvalue weighted by atomic mass is 9.99. The molecule has 1 heterocycles. The third kappa shape index (κ3) is 35.4. The van der Waals surface area contributed by atoms with Crippen molar-refractivity contribution in [3.63, 3.8) is 0 Å². The number of ether oxygens (including phenoxy) is 2. The maximum Gasteiger partial charge on any atom is 0.397 e. The molecule has 1 aliphatic rings. The Morgan fingerprint density at radius 3 is 1.49 bits per heavy atom. The zero-order chi connectivity index (χ0) is 47.6. The quantitative estimate of drug-likeness (QED) is 0.0193. The first-order chi connectivity index (χ1) is 31.5. The van der Waals surface area contributed by atoms with Crippen LogP contribution in [0.15, 0.2) is 24.3 Å². The van der Waals surface area contributed by atoms with Gasteiger partial charge in [-0.3, -0.25) is 9.35 Å². The van der Waals surface area contributed by atoms with Crippen LogP contribution < -0.4 is 5.32 Å². The van der Waals surface area contributed by atoms with Gasteiger partial charge in [-0.2, -0.15) is 8.42 Å². The maximum absolute atomic E-state index is 13.1. The molecule has 65 heavy (non-hydrogen) atoms. The summed E-state index contributed by atoms with van der Waals surface area (Å²) in [6.45, 7) is 3.44. The van der Waals surface area contributed by atoms with Crippen LogP contribution in [0.3, 0.4) is 0 Å². The molecule has 1 aliphatic heterocycles. The highest BCUT2D eigenvalue weighted by Gasteiger charge is 2.48. The normalized spacial score (nSPS) is 20.3. The second kappa shape index (κ2) is 42.7. The van der Waals surface area contributed by atoms with Gasteiger partial charge in [0.15, 0.2) is 6.29 Å². The van der Waals surface area contributed by atoms with Crippen molar-refractivity contribution >= 4 is 16.3 Å². The van der Waals surface area contributed by atoms with Gasteiger partial charge >= 0.3 is 10.4 Å². The molecule has 6 N–H and O–H groups in total. The van der Waals surface area contributed by atoms with Crippen molar-refractivity contribution in [2.24, 2.45) is 0 Å². The van der Waals surface area contributed by atoms with E-state index < -0.39 is 59.9 Å². The number of aliphatic hydroxyl groups is 4. The van der Waals surface area contributed by atoms with E-state index in [9.17, 15) is 38.2 Å². The van der Waals surface area contributed by atoms with Crippen LogP contribution in [-0.4, -0.2) is 95.4 Å². The fourth-order valence-electron chi connectivity index (χ4n) is 8.61. The molecule has 0 radical (unpaired) electrons. The molecule has 0 spiro atoms. The molecule has 1 saturated heterocycles. The molecule has 384 valence electrons. The summed E-state index contributed by atoms with van der Waals surface area (Å²) in [5, 5.41) is 45.0. The molecular weight excluding hydrogens is 847 g/mol. The van der Waals surface area contributed by atoms with Gasteiger partial charge in [0.1, 0.15) is 24.4 Å². The van der Waals surface area contributed by atoms with Gasteiger partial charge in [-0.25, -0.2) is 4.18 Å². The molecular formula is C52H99NO11S. The number of allylic oxidation sites excluding steroid dienone is 4. The lowest BCUT2D eigenvalue weighted by molar-refractivity contribution is -0.298. The molecule has 0 aromatic heterocycles. The van der Waals surface area contributed by atoms with Crippen molar-refractivity contribution in [2.45, 2.75) is 288 Å². The number of amides is 1. The predicted octanol–water partition coefficient (Wildman–Crippen LogP) is 11.7. The topological polar surface area (TPSA) is 192 Å². The summed E-state index contributed by atoms with van der Waals surface area (Å²) in [4.78, 5) is 13.1. The lowest BCUT2D eigenvalue weighted by Crippen LogP contribution is -2.61.